The number of hydrogen-bond donors (Lipinski definition) is 2. The van der Waals surface area contributed by atoms with E-state index in [4.69, 9.17) is 10.5 Å². The largest absolute Gasteiger partial charge is 0.383 e. The number of hydrogen-bond acceptors (Lipinski definition) is 4. The smallest absolute Gasteiger partial charge is 0.237 e. The third-order valence-electron chi connectivity index (χ3n) is 3.84. The van der Waals surface area contributed by atoms with Crippen molar-refractivity contribution in [2.75, 3.05) is 26.8 Å². The molecule has 1 atom stereocenters. The molecule has 3 N–H and O–H groups in total. The summed E-state index contributed by atoms with van der Waals surface area (Å²) in [5, 5.41) is 3.29. The number of unbranched alkanes of at least 4 members (excludes halogenated alkanes) is 1. The van der Waals surface area contributed by atoms with Crippen LogP contribution in [0.2, 0.25) is 0 Å². The topological polar surface area (TPSA) is 67.6 Å². The number of nitrogens with two attached hydrogens (primary N) is 1. The zero-order valence-corrected chi connectivity index (χ0v) is 14.7. The van der Waals surface area contributed by atoms with Crippen LogP contribution in [-0.2, 0) is 9.53 Å². The summed E-state index contributed by atoms with van der Waals surface area (Å²) in [5.74, 6) is -0.267. The monoisotopic (exact) mass is 301 g/mol. The maximum absolute atomic E-state index is 11.7. The van der Waals surface area contributed by atoms with Gasteiger partial charge in [0.2, 0.25) is 5.91 Å². The van der Waals surface area contributed by atoms with Gasteiger partial charge in [0.25, 0.3) is 0 Å². The molecule has 0 radical (unpaired) electrons. The Morgan fingerprint density at radius 2 is 1.86 bits per heavy atom. The Kier molecular flexibility index (Phi) is 9.83. The van der Waals surface area contributed by atoms with Crippen LogP contribution >= 0.6 is 0 Å². The molecule has 0 saturated heterocycles. The highest BCUT2D eigenvalue weighted by atomic mass is 16.5. The second-order valence-electron chi connectivity index (χ2n) is 6.58. The van der Waals surface area contributed by atoms with Crippen LogP contribution in [0, 0.1) is 0 Å². The van der Waals surface area contributed by atoms with E-state index >= 15 is 0 Å². The standard InChI is InChI=1S/C16H35N3O2/c1-13(2)18-16(5,15(17)20)9-7-8-10-19(14(3)4)11-12-21-6/h13-14,18H,7-12H2,1-6H3,(H2,17,20). The van der Waals surface area contributed by atoms with E-state index in [0.29, 0.717) is 6.04 Å². The Morgan fingerprint density at radius 3 is 2.29 bits per heavy atom. The lowest BCUT2D eigenvalue weighted by Gasteiger charge is -2.31. The van der Waals surface area contributed by atoms with Gasteiger partial charge in [0.05, 0.1) is 12.1 Å². The molecule has 0 bridgehead atoms. The molecule has 0 aliphatic heterocycles. The van der Waals surface area contributed by atoms with Gasteiger partial charge in [-0.2, -0.15) is 0 Å². The molecule has 21 heavy (non-hydrogen) atoms. The molecule has 0 heterocycles. The first kappa shape index (κ1) is 20.3. The minimum Gasteiger partial charge on any atom is -0.383 e. The molecule has 0 fully saturated rings. The molecule has 0 aromatic rings. The lowest BCUT2D eigenvalue weighted by atomic mass is 9.93. The number of carbonyl (C=O) groups is 1. The average molecular weight is 301 g/mol. The number of carbonyl (C=O) groups excluding carboxylic acids is 1. The van der Waals surface area contributed by atoms with Gasteiger partial charge in [0.1, 0.15) is 0 Å². The molecule has 0 rings (SSSR count). The van der Waals surface area contributed by atoms with Gasteiger partial charge in [-0.15, -0.1) is 0 Å². The normalized spacial score (nSPS) is 14.9. The van der Waals surface area contributed by atoms with E-state index in [1.54, 1.807) is 7.11 Å². The van der Waals surface area contributed by atoms with Crippen molar-refractivity contribution in [3.63, 3.8) is 0 Å². The first-order valence-corrected chi connectivity index (χ1v) is 8.03. The van der Waals surface area contributed by atoms with Gasteiger partial charge >= 0.3 is 0 Å². The van der Waals surface area contributed by atoms with Gasteiger partial charge in [0.15, 0.2) is 0 Å². The maximum Gasteiger partial charge on any atom is 0.237 e. The fourth-order valence-electron chi connectivity index (χ4n) is 2.53. The molecule has 0 saturated carbocycles. The Labute approximate surface area is 130 Å². The summed E-state index contributed by atoms with van der Waals surface area (Å²) in [6.07, 6.45) is 2.82. The van der Waals surface area contributed by atoms with Crippen LogP contribution in [0.1, 0.15) is 53.9 Å². The molecule has 0 spiro atoms. The quantitative estimate of drug-likeness (QED) is 0.539. The summed E-state index contributed by atoms with van der Waals surface area (Å²) >= 11 is 0. The zero-order valence-electron chi connectivity index (χ0n) is 14.7. The maximum atomic E-state index is 11.7. The SMILES string of the molecule is COCCN(CCCCC(C)(NC(C)C)C(N)=O)C(C)C. The van der Waals surface area contributed by atoms with Crippen LogP contribution < -0.4 is 11.1 Å². The number of methoxy groups -OCH3 is 1. The Hall–Kier alpha value is -0.650. The molecule has 5 heteroatoms. The van der Waals surface area contributed by atoms with Crippen molar-refractivity contribution in [1.82, 2.24) is 10.2 Å². The minimum absolute atomic E-state index is 0.247. The second-order valence-corrected chi connectivity index (χ2v) is 6.58. The Bertz CT molecular complexity index is 295. The average Bonchev–Trinajstić information content (AvgIpc) is 2.36. The lowest BCUT2D eigenvalue weighted by Crippen LogP contribution is -2.55. The first-order valence-electron chi connectivity index (χ1n) is 8.03. The molecule has 5 nitrogen and oxygen atoms in total. The van der Waals surface area contributed by atoms with Crippen LogP contribution in [0.25, 0.3) is 0 Å². The zero-order chi connectivity index (χ0) is 16.5. The van der Waals surface area contributed by atoms with Crippen LogP contribution in [0.4, 0.5) is 0 Å². The molecule has 0 aromatic carbocycles. The van der Waals surface area contributed by atoms with Crippen LogP contribution in [0.3, 0.4) is 0 Å². The highest BCUT2D eigenvalue weighted by molar-refractivity contribution is 5.84. The number of primary amides is 1. The summed E-state index contributed by atoms with van der Waals surface area (Å²) in [7, 11) is 1.73. The highest BCUT2D eigenvalue weighted by Gasteiger charge is 2.30. The fraction of sp³-hybridized carbons (Fsp3) is 0.938. The molecule has 0 aliphatic rings. The summed E-state index contributed by atoms with van der Waals surface area (Å²) in [6, 6.07) is 0.757. The summed E-state index contributed by atoms with van der Waals surface area (Å²) in [4.78, 5) is 14.1. The van der Waals surface area contributed by atoms with Crippen molar-refractivity contribution in [3.05, 3.63) is 0 Å². The van der Waals surface area contributed by atoms with Gasteiger partial charge < -0.3 is 15.8 Å². The van der Waals surface area contributed by atoms with E-state index < -0.39 is 5.54 Å². The Balaban J connectivity index is 4.22. The Morgan fingerprint density at radius 1 is 1.24 bits per heavy atom. The number of rotatable bonds is 12. The highest BCUT2D eigenvalue weighted by Crippen LogP contribution is 2.15. The van der Waals surface area contributed by atoms with E-state index in [0.717, 1.165) is 39.0 Å². The fourth-order valence-corrected chi connectivity index (χ4v) is 2.53. The number of nitrogens with zero attached hydrogens (tertiary/aromatic N) is 1. The lowest BCUT2D eigenvalue weighted by molar-refractivity contribution is -0.124. The molecule has 1 unspecified atom stereocenters. The van der Waals surface area contributed by atoms with E-state index in [2.05, 4.69) is 24.1 Å². The first-order chi connectivity index (χ1) is 9.73. The van der Waals surface area contributed by atoms with Crippen LogP contribution in [-0.4, -0.2) is 55.2 Å². The van der Waals surface area contributed by atoms with E-state index in [1.807, 2.05) is 20.8 Å². The van der Waals surface area contributed by atoms with Crippen LogP contribution in [0.15, 0.2) is 0 Å². The summed E-state index contributed by atoms with van der Waals surface area (Å²) in [5.41, 5.74) is 4.94. The summed E-state index contributed by atoms with van der Waals surface area (Å²) in [6.45, 7) is 13.1. The van der Waals surface area contributed by atoms with Crippen molar-refractivity contribution < 1.29 is 9.53 Å². The van der Waals surface area contributed by atoms with Crippen molar-refractivity contribution in [2.24, 2.45) is 5.73 Å². The van der Waals surface area contributed by atoms with Crippen LogP contribution in [0.5, 0.6) is 0 Å². The van der Waals surface area contributed by atoms with Gasteiger partial charge in [-0.3, -0.25) is 9.69 Å². The van der Waals surface area contributed by atoms with E-state index in [9.17, 15) is 4.79 Å². The van der Waals surface area contributed by atoms with E-state index in [-0.39, 0.29) is 11.9 Å². The van der Waals surface area contributed by atoms with Gasteiger partial charge in [-0.25, -0.2) is 0 Å². The number of amides is 1. The molecule has 126 valence electrons. The van der Waals surface area contributed by atoms with Crippen molar-refractivity contribution in [2.45, 2.75) is 71.5 Å². The summed E-state index contributed by atoms with van der Waals surface area (Å²) < 4.78 is 5.15. The third-order valence-corrected chi connectivity index (χ3v) is 3.84. The predicted molar refractivity (Wildman–Crippen MR) is 88.3 cm³/mol. The molecule has 0 aliphatic carbocycles. The molecular weight excluding hydrogens is 266 g/mol. The van der Waals surface area contributed by atoms with Gasteiger partial charge in [-0.05, 0) is 60.4 Å². The predicted octanol–water partition coefficient (Wildman–Crippen LogP) is 1.76. The van der Waals surface area contributed by atoms with Crippen molar-refractivity contribution >= 4 is 5.91 Å². The number of ether oxygens (including phenoxy) is 1. The van der Waals surface area contributed by atoms with Gasteiger partial charge in [0, 0.05) is 25.7 Å². The molecule has 0 aromatic heterocycles. The minimum atomic E-state index is -0.608. The van der Waals surface area contributed by atoms with Crippen molar-refractivity contribution in [3.8, 4) is 0 Å². The molecule has 1 amide bonds. The van der Waals surface area contributed by atoms with E-state index in [1.165, 1.54) is 0 Å². The van der Waals surface area contributed by atoms with Crippen molar-refractivity contribution in [1.29, 1.82) is 0 Å². The number of nitrogens with one attached hydrogen (secondary N) is 1. The molecular formula is C16H35N3O2. The second kappa shape index (κ2) is 10.1. The third kappa shape index (κ3) is 8.39. The van der Waals surface area contributed by atoms with Gasteiger partial charge in [-0.1, -0.05) is 0 Å².